The number of alkyl carbamates (subject to hydrolysis) is 1. The molecular weight excluding hydrogens is 893 g/mol. The van der Waals surface area contributed by atoms with Crippen LogP contribution in [-0.2, 0) is 52.2 Å². The van der Waals surface area contributed by atoms with Gasteiger partial charge in [0, 0.05) is 32.5 Å². The minimum Gasteiger partial charge on any atom is -0.460 e. The predicted octanol–water partition coefficient (Wildman–Crippen LogP) is 6.33. The molecule has 4 heterocycles. The number of fused-ring (bicyclic) bond motifs is 1. The van der Waals surface area contributed by atoms with Crippen LogP contribution in [0.3, 0.4) is 0 Å². The van der Waals surface area contributed by atoms with Gasteiger partial charge in [0.1, 0.15) is 23.9 Å². The second-order valence-corrected chi connectivity index (χ2v) is 20.3. The first-order chi connectivity index (χ1) is 32.6. The van der Waals surface area contributed by atoms with Crippen molar-refractivity contribution in [3.05, 3.63) is 71.8 Å². The van der Waals surface area contributed by atoms with Crippen LogP contribution < -0.4 is 5.32 Å². The number of carbonyl (C=O) groups excluding carboxylic acids is 4. The summed E-state index contributed by atoms with van der Waals surface area (Å²) in [4.78, 5) is 56.9. The molecule has 1 amide bonds. The normalized spacial score (nSPS) is 40.1. The van der Waals surface area contributed by atoms with Crippen LogP contribution in [-0.4, -0.2) is 153 Å². The molecule has 0 spiro atoms. The first kappa shape index (κ1) is 54.1. The zero-order chi connectivity index (χ0) is 50.5. The number of amides is 1. The summed E-state index contributed by atoms with van der Waals surface area (Å²) in [6.45, 7) is 16.5. The van der Waals surface area contributed by atoms with E-state index in [1.807, 2.05) is 79.6 Å². The third-order valence-electron chi connectivity index (χ3n) is 15.0. The SMILES string of the molecule is CC[C@H]1OC(=O)[C@H](C)[C@@H](OC2C[C@@](C)(OC)[C@@H](OC(=O)c3ccccc3)[C@H](C)O2)[C@H](C)[C@@H](OC2O[C@H](C)C[C@H](N(C)C)[C@H]2OC(=O)c2ccccc2)[C@@](C)(OC)C[C@@H](C)[C@H](O)[C@H](C)[C@H]2OC(=O)N[C@H]21. The van der Waals surface area contributed by atoms with Crippen molar-refractivity contribution in [2.24, 2.45) is 23.7 Å². The lowest BCUT2D eigenvalue weighted by atomic mass is 9.74. The number of esters is 3. The highest BCUT2D eigenvalue weighted by Crippen LogP contribution is 2.43. The Kier molecular flexibility index (Phi) is 18.0. The maximum Gasteiger partial charge on any atom is 0.407 e. The number of ether oxygens (including phenoxy) is 10. The number of aliphatic hydroxyl groups excluding tert-OH is 1. The fraction of sp³-hybridized carbons (Fsp3) is 0.692. The molecule has 4 fully saturated rings. The molecule has 2 N–H and O–H groups in total. The van der Waals surface area contributed by atoms with E-state index in [4.69, 9.17) is 47.4 Å². The van der Waals surface area contributed by atoms with E-state index in [0.717, 1.165) is 0 Å². The molecule has 2 unspecified atom stereocenters. The number of methoxy groups -OCH3 is 2. The Bertz CT molecular complexity index is 2030. The number of aliphatic hydroxyl groups is 1. The van der Waals surface area contributed by atoms with E-state index in [0.29, 0.717) is 24.0 Å². The van der Waals surface area contributed by atoms with Gasteiger partial charge in [-0.2, -0.15) is 0 Å². The summed E-state index contributed by atoms with van der Waals surface area (Å²) in [5.41, 5.74) is -1.66. The summed E-state index contributed by atoms with van der Waals surface area (Å²) < 4.78 is 64.7. The van der Waals surface area contributed by atoms with Crippen molar-refractivity contribution in [3.63, 3.8) is 0 Å². The van der Waals surface area contributed by atoms with Crippen molar-refractivity contribution < 1.29 is 71.7 Å². The number of hydrogen-bond donors (Lipinski definition) is 2. The highest BCUT2D eigenvalue weighted by Gasteiger charge is 2.55. The monoisotopic (exact) mass is 969 g/mol. The van der Waals surface area contributed by atoms with E-state index in [-0.39, 0.29) is 25.0 Å². The van der Waals surface area contributed by atoms with E-state index in [2.05, 4.69) is 5.32 Å². The topological polar surface area (TPSA) is 196 Å². The third kappa shape index (κ3) is 12.1. The molecule has 0 aromatic heterocycles. The molecule has 0 saturated carbocycles. The van der Waals surface area contributed by atoms with Crippen molar-refractivity contribution in [2.75, 3.05) is 28.3 Å². The molecule has 2 aromatic carbocycles. The Labute approximate surface area is 407 Å². The molecule has 6 rings (SSSR count). The minimum atomic E-state index is -1.27. The highest BCUT2D eigenvalue weighted by atomic mass is 16.7. The second kappa shape index (κ2) is 22.9. The van der Waals surface area contributed by atoms with Gasteiger partial charge < -0.3 is 62.7 Å². The summed E-state index contributed by atoms with van der Waals surface area (Å²) in [5, 5.41) is 15.0. The molecule has 19 atom stereocenters. The molecule has 4 aliphatic rings. The number of nitrogens with one attached hydrogen (secondary N) is 1. The number of benzene rings is 2. The Hall–Kier alpha value is -4.20. The average Bonchev–Trinajstić information content (AvgIpc) is 3.73. The maximum atomic E-state index is 14.8. The van der Waals surface area contributed by atoms with E-state index < -0.39 is 126 Å². The first-order valence-corrected chi connectivity index (χ1v) is 24.4. The quantitative estimate of drug-likeness (QED) is 0.177. The lowest BCUT2D eigenvalue weighted by molar-refractivity contribution is -0.319. The third-order valence-corrected chi connectivity index (χ3v) is 15.0. The highest BCUT2D eigenvalue weighted by molar-refractivity contribution is 5.90. The van der Waals surface area contributed by atoms with Gasteiger partial charge in [-0.15, -0.1) is 0 Å². The molecule has 0 bridgehead atoms. The van der Waals surface area contributed by atoms with E-state index in [9.17, 15) is 24.3 Å². The Morgan fingerprint density at radius 2 is 1.35 bits per heavy atom. The number of carbonyl (C=O) groups is 4. The lowest BCUT2D eigenvalue weighted by Gasteiger charge is -2.50. The fourth-order valence-corrected chi connectivity index (χ4v) is 10.9. The average molecular weight is 969 g/mol. The molecule has 4 aliphatic heterocycles. The smallest absolute Gasteiger partial charge is 0.407 e. The van der Waals surface area contributed by atoms with Gasteiger partial charge in [0.15, 0.2) is 24.8 Å². The van der Waals surface area contributed by atoms with E-state index in [1.165, 1.54) is 7.11 Å². The van der Waals surface area contributed by atoms with Crippen LogP contribution in [0.5, 0.6) is 0 Å². The zero-order valence-electron chi connectivity index (χ0n) is 42.5. The predicted molar refractivity (Wildman–Crippen MR) is 252 cm³/mol. The largest absolute Gasteiger partial charge is 0.460 e. The number of rotatable bonds is 12. The molecular formula is C52H76N2O15. The number of hydrogen-bond acceptors (Lipinski definition) is 16. The fourth-order valence-electron chi connectivity index (χ4n) is 10.9. The van der Waals surface area contributed by atoms with Crippen molar-refractivity contribution in [1.82, 2.24) is 10.2 Å². The molecule has 17 heteroatoms. The van der Waals surface area contributed by atoms with Gasteiger partial charge in [-0.25, -0.2) is 14.4 Å². The van der Waals surface area contributed by atoms with Gasteiger partial charge in [0.25, 0.3) is 0 Å². The van der Waals surface area contributed by atoms with Gasteiger partial charge in [-0.1, -0.05) is 64.1 Å². The van der Waals surface area contributed by atoms with Gasteiger partial charge in [-0.05, 0) is 98.2 Å². The van der Waals surface area contributed by atoms with Crippen LogP contribution >= 0.6 is 0 Å². The summed E-state index contributed by atoms with van der Waals surface area (Å²) >= 11 is 0. The van der Waals surface area contributed by atoms with Gasteiger partial charge >= 0.3 is 24.0 Å². The minimum absolute atomic E-state index is 0.0791. The second-order valence-electron chi connectivity index (χ2n) is 20.3. The van der Waals surface area contributed by atoms with Crippen LogP contribution in [0, 0.1) is 23.7 Å². The molecule has 0 radical (unpaired) electrons. The lowest BCUT2D eigenvalue weighted by Crippen LogP contribution is -2.62. The van der Waals surface area contributed by atoms with Crippen molar-refractivity contribution in [2.45, 2.75) is 179 Å². The van der Waals surface area contributed by atoms with E-state index >= 15 is 0 Å². The Morgan fingerprint density at radius 1 is 0.768 bits per heavy atom. The Morgan fingerprint density at radius 3 is 1.91 bits per heavy atom. The number of cyclic esters (lactones) is 1. The first-order valence-electron chi connectivity index (χ1n) is 24.4. The van der Waals surface area contributed by atoms with Gasteiger partial charge in [0.2, 0.25) is 0 Å². The van der Waals surface area contributed by atoms with E-state index in [1.54, 1.807) is 69.5 Å². The van der Waals surface area contributed by atoms with Crippen LogP contribution in [0.15, 0.2) is 60.7 Å². The molecule has 4 saturated heterocycles. The molecule has 0 aliphatic carbocycles. The van der Waals surface area contributed by atoms with Gasteiger partial charge in [-0.3, -0.25) is 4.79 Å². The van der Waals surface area contributed by atoms with Crippen molar-refractivity contribution in [3.8, 4) is 0 Å². The van der Waals surface area contributed by atoms with Crippen molar-refractivity contribution >= 4 is 24.0 Å². The van der Waals surface area contributed by atoms with Crippen LogP contribution in [0.4, 0.5) is 4.79 Å². The maximum absolute atomic E-state index is 14.8. The number of nitrogens with zero attached hydrogens (tertiary/aromatic N) is 1. The van der Waals surface area contributed by atoms with Crippen molar-refractivity contribution in [1.29, 1.82) is 0 Å². The summed E-state index contributed by atoms with van der Waals surface area (Å²) in [7, 11) is 6.90. The molecule has 2 aromatic rings. The number of likely N-dealkylation sites (N-methyl/N-ethyl adjacent to an activating group) is 1. The van der Waals surface area contributed by atoms with Gasteiger partial charge in [0.05, 0.1) is 59.2 Å². The zero-order valence-corrected chi connectivity index (χ0v) is 42.5. The Balaban J connectivity index is 1.43. The summed E-state index contributed by atoms with van der Waals surface area (Å²) in [6.07, 6.45) is -9.39. The van der Waals surface area contributed by atoms with Crippen LogP contribution in [0.2, 0.25) is 0 Å². The standard InChI is InChI=1S/C52H76N2O15/c1-14-37-39-42(67-50(59)53-39)30(4)40(55)28(2)26-51(8,60-12)44(69-49-43(36(54(10)11)25-29(3)62-49)66-47(57)34-21-17-15-18-22-34)31(5)41(32(6)46(56)64-37)65-38-27-52(9,61-13)45(33(7)63-38)68-48(58)35-23-19-16-20-24-35/h15-24,28-33,36-45,49,55H,14,25-27H2,1-13H3,(H,53,59)/t28-,29-,30+,31+,32-,33+,36+,37-,38?,39+,40+,41+,42-,43-,44-,45+,49?,51+,52-/m1/s1. The van der Waals surface area contributed by atoms with Crippen LogP contribution in [0.25, 0.3) is 0 Å². The molecule has 17 nitrogen and oxygen atoms in total. The van der Waals surface area contributed by atoms with Crippen LogP contribution in [0.1, 0.15) is 109 Å². The summed E-state index contributed by atoms with van der Waals surface area (Å²) in [5.74, 6) is -4.61. The molecule has 384 valence electrons. The molecule has 69 heavy (non-hydrogen) atoms. The summed E-state index contributed by atoms with van der Waals surface area (Å²) in [6, 6.07) is 16.3.